The number of anilines is 2. The normalized spacial score (nSPS) is 14.1. The van der Waals surface area contributed by atoms with Crippen molar-refractivity contribution in [1.82, 2.24) is 4.40 Å². The molecule has 0 bridgehead atoms. The van der Waals surface area contributed by atoms with Gasteiger partial charge in [0.2, 0.25) is 0 Å². The highest BCUT2D eigenvalue weighted by Gasteiger charge is 2.20. The quantitative estimate of drug-likeness (QED) is 0.131. The molecule has 0 saturated heterocycles. The van der Waals surface area contributed by atoms with Crippen LogP contribution in [0.2, 0.25) is 0 Å². The van der Waals surface area contributed by atoms with Gasteiger partial charge in [0.1, 0.15) is 11.0 Å². The maximum atomic E-state index is 6.25. The summed E-state index contributed by atoms with van der Waals surface area (Å²) >= 11 is 0. The monoisotopic (exact) mass is 732 g/mol. The summed E-state index contributed by atoms with van der Waals surface area (Å²) in [5.74, 6) is 0.222. The summed E-state index contributed by atoms with van der Waals surface area (Å²) in [6, 6.07) is 48.1. The third-order valence-corrected chi connectivity index (χ3v) is 11.4. The van der Waals surface area contributed by atoms with Crippen LogP contribution in [0.25, 0.3) is 72.3 Å². The molecule has 0 amide bonds. The molecule has 272 valence electrons. The maximum absolute atomic E-state index is 6.25. The molecule has 6 aromatic carbocycles. The van der Waals surface area contributed by atoms with Crippen LogP contribution in [-0.4, -0.2) is 4.40 Å². The zero-order valence-electron chi connectivity index (χ0n) is 31.7. The van der Waals surface area contributed by atoms with Crippen LogP contribution in [0.15, 0.2) is 211 Å². The van der Waals surface area contributed by atoms with Gasteiger partial charge in [0, 0.05) is 55.1 Å². The third kappa shape index (κ3) is 5.75. The number of rotatable bonds is 10. The van der Waals surface area contributed by atoms with Crippen molar-refractivity contribution in [2.24, 2.45) is 0 Å². The summed E-state index contributed by atoms with van der Waals surface area (Å²) < 4.78 is 8.67. The molecule has 1 aliphatic rings. The number of furan rings is 1. The van der Waals surface area contributed by atoms with E-state index in [0.29, 0.717) is 0 Å². The Morgan fingerprint density at radius 2 is 1.23 bits per heavy atom. The fourth-order valence-corrected chi connectivity index (χ4v) is 8.59. The number of fused-ring (bicyclic) bond motifs is 9. The van der Waals surface area contributed by atoms with Crippen molar-refractivity contribution in [3.8, 4) is 11.1 Å². The van der Waals surface area contributed by atoms with E-state index in [4.69, 9.17) is 4.42 Å². The Morgan fingerprint density at radius 1 is 0.632 bits per heavy atom. The van der Waals surface area contributed by atoms with E-state index in [1.54, 1.807) is 6.08 Å². The van der Waals surface area contributed by atoms with E-state index in [0.717, 1.165) is 51.2 Å². The van der Waals surface area contributed by atoms with Crippen LogP contribution in [0.4, 0.5) is 11.4 Å². The Balaban J connectivity index is 1.02. The van der Waals surface area contributed by atoms with E-state index in [1.165, 1.54) is 59.8 Å². The second-order valence-corrected chi connectivity index (χ2v) is 14.8. The Labute approximate surface area is 331 Å². The zero-order chi connectivity index (χ0) is 38.6. The second-order valence-electron chi connectivity index (χ2n) is 14.8. The van der Waals surface area contributed by atoms with Crippen molar-refractivity contribution in [2.75, 3.05) is 4.90 Å². The number of nitrogens with zero attached hydrogens (tertiary/aromatic N) is 2. The summed E-state index contributed by atoms with van der Waals surface area (Å²) in [7, 11) is 0. The van der Waals surface area contributed by atoms with Gasteiger partial charge in [0.05, 0.1) is 16.6 Å². The molecule has 3 heteroatoms. The molecule has 3 aromatic heterocycles. The van der Waals surface area contributed by atoms with Gasteiger partial charge in [-0.15, -0.1) is 0 Å². The number of hydrogen-bond donors (Lipinski definition) is 0. The van der Waals surface area contributed by atoms with Crippen molar-refractivity contribution >= 4 is 72.6 Å². The molecular weight excluding hydrogens is 693 g/mol. The standard InChI is InChI=1S/C54H40N2O/c1-5-6-13-35(2)36(3)20-21-37(4)55(42-27-22-38(23-28-42)40-26-31-47-46-16-9-12-19-52(46)57-53(47)34-40)43-29-24-39(25-30-43)41-32-48-44-14-7-10-17-50(44)56-51-18-11-8-15-45(51)49(33-41)54(48)56/h5-25,27-34,40H,1-4,26H2/b13-6-,21-20-. The molecule has 1 unspecified atom stereocenters. The molecule has 0 saturated carbocycles. The van der Waals surface area contributed by atoms with Gasteiger partial charge in [-0.25, -0.2) is 0 Å². The molecule has 0 radical (unpaired) electrons. The molecule has 0 fully saturated rings. The van der Waals surface area contributed by atoms with Crippen molar-refractivity contribution in [3.05, 3.63) is 223 Å². The van der Waals surface area contributed by atoms with E-state index in [9.17, 15) is 0 Å². The fourth-order valence-electron chi connectivity index (χ4n) is 8.59. The van der Waals surface area contributed by atoms with Gasteiger partial charge >= 0.3 is 0 Å². The first-order valence-corrected chi connectivity index (χ1v) is 19.4. The lowest BCUT2D eigenvalue weighted by molar-refractivity contribution is 0.569. The molecule has 10 rings (SSSR count). The number of benzene rings is 6. The van der Waals surface area contributed by atoms with E-state index < -0.39 is 0 Å². The molecule has 57 heavy (non-hydrogen) atoms. The van der Waals surface area contributed by atoms with Crippen LogP contribution in [0, 0.1) is 0 Å². The van der Waals surface area contributed by atoms with Gasteiger partial charge in [-0.05, 0) is 101 Å². The summed E-state index contributed by atoms with van der Waals surface area (Å²) in [6.45, 7) is 16.7. The highest BCUT2D eigenvalue weighted by Crippen LogP contribution is 2.42. The van der Waals surface area contributed by atoms with Crippen LogP contribution in [0.3, 0.4) is 0 Å². The smallest absolute Gasteiger partial charge is 0.135 e. The fraction of sp³-hybridized carbons (Fsp3) is 0.0370. The summed E-state index contributed by atoms with van der Waals surface area (Å²) in [6.07, 6.45) is 15.0. The molecule has 3 heterocycles. The first-order chi connectivity index (χ1) is 28.0. The van der Waals surface area contributed by atoms with Crippen LogP contribution in [0.5, 0.6) is 0 Å². The zero-order valence-corrected chi connectivity index (χ0v) is 31.7. The van der Waals surface area contributed by atoms with Gasteiger partial charge < -0.3 is 13.7 Å². The average molecular weight is 733 g/mol. The van der Waals surface area contributed by atoms with Crippen LogP contribution < -0.4 is 15.5 Å². The number of aromatic nitrogens is 1. The predicted molar refractivity (Wildman–Crippen MR) is 243 cm³/mol. The van der Waals surface area contributed by atoms with Gasteiger partial charge in [0.25, 0.3) is 0 Å². The van der Waals surface area contributed by atoms with Gasteiger partial charge in [-0.1, -0.05) is 136 Å². The van der Waals surface area contributed by atoms with Crippen LogP contribution >= 0.6 is 0 Å². The van der Waals surface area contributed by atoms with Crippen LogP contribution in [-0.2, 0) is 0 Å². The first-order valence-electron chi connectivity index (χ1n) is 19.4. The van der Waals surface area contributed by atoms with Crippen molar-refractivity contribution in [2.45, 2.75) is 12.3 Å². The summed E-state index contributed by atoms with van der Waals surface area (Å²) in [4.78, 5) is 2.19. The van der Waals surface area contributed by atoms with E-state index in [2.05, 4.69) is 169 Å². The molecule has 0 spiro atoms. The van der Waals surface area contributed by atoms with Crippen LogP contribution in [0.1, 0.15) is 17.9 Å². The second kappa shape index (κ2) is 13.7. The molecule has 0 N–H and O–H groups in total. The Kier molecular flexibility index (Phi) is 8.23. The molecule has 0 aliphatic heterocycles. The molecular formula is C54H40N2O. The minimum atomic E-state index is 0.222. The molecule has 1 aliphatic carbocycles. The maximum Gasteiger partial charge on any atom is 0.135 e. The SMILES string of the molecule is C=C/C=C\C(=C)C(=C)/C=C\C(=C)N(c1ccc(-c2cc3c4ccccc4n4c5ccccc5c(c2)c34)cc1)c1ccc(C2C=c3oc4ccccc4c3=CC2)cc1. The van der Waals surface area contributed by atoms with Gasteiger partial charge in [-0.2, -0.15) is 0 Å². The topological polar surface area (TPSA) is 20.8 Å². The van der Waals surface area contributed by atoms with E-state index in [-0.39, 0.29) is 5.92 Å². The van der Waals surface area contributed by atoms with Gasteiger partial charge in [0.15, 0.2) is 0 Å². The van der Waals surface area contributed by atoms with Gasteiger partial charge in [-0.3, -0.25) is 0 Å². The molecule has 3 nitrogen and oxygen atoms in total. The Bertz CT molecular complexity index is 3190. The molecule has 9 aromatic rings. The lowest BCUT2D eigenvalue weighted by Crippen LogP contribution is -2.24. The minimum Gasteiger partial charge on any atom is -0.456 e. The van der Waals surface area contributed by atoms with Crippen molar-refractivity contribution in [1.29, 1.82) is 0 Å². The minimum absolute atomic E-state index is 0.222. The number of allylic oxidation sites excluding steroid dienone is 7. The predicted octanol–water partition coefficient (Wildman–Crippen LogP) is 13.1. The highest BCUT2D eigenvalue weighted by atomic mass is 16.3. The Hall–Kier alpha value is -7.36. The first kappa shape index (κ1) is 34.2. The average Bonchev–Trinajstić information content (AvgIpc) is 3.92. The number of hydrogen-bond acceptors (Lipinski definition) is 2. The third-order valence-electron chi connectivity index (χ3n) is 11.4. The molecule has 1 atom stereocenters. The van der Waals surface area contributed by atoms with Crippen molar-refractivity contribution in [3.63, 3.8) is 0 Å². The summed E-state index contributed by atoms with van der Waals surface area (Å²) in [5, 5.41) is 7.45. The largest absolute Gasteiger partial charge is 0.456 e. The lowest BCUT2D eigenvalue weighted by Gasteiger charge is -2.26. The van der Waals surface area contributed by atoms with Crippen molar-refractivity contribution < 1.29 is 4.42 Å². The highest BCUT2D eigenvalue weighted by molar-refractivity contribution is 6.24. The summed E-state index contributed by atoms with van der Waals surface area (Å²) in [5.41, 5.74) is 13.7. The van der Waals surface area contributed by atoms with E-state index in [1.807, 2.05) is 36.4 Å². The van der Waals surface area contributed by atoms with E-state index >= 15 is 0 Å². The number of para-hydroxylation sites is 3. The Morgan fingerprint density at radius 3 is 1.89 bits per heavy atom. The lowest BCUT2D eigenvalue weighted by atomic mass is 9.92.